The highest BCUT2D eigenvalue weighted by molar-refractivity contribution is 5.44. The maximum absolute atomic E-state index is 5.78. The average molecular weight is 257 g/mol. The molecule has 0 atom stereocenters. The fraction of sp³-hybridized carbons (Fsp3) is 0.562. The van der Waals surface area contributed by atoms with E-state index in [1.165, 1.54) is 12.8 Å². The van der Waals surface area contributed by atoms with Crippen LogP contribution in [0.15, 0.2) is 12.1 Å². The maximum Gasteiger partial charge on any atom is 0.129 e. The minimum atomic E-state index is 0.555. The van der Waals surface area contributed by atoms with E-state index < -0.39 is 0 Å². The predicted molar refractivity (Wildman–Crippen MR) is 79.9 cm³/mol. The van der Waals surface area contributed by atoms with Crippen LogP contribution in [0.4, 0.5) is 5.82 Å². The highest BCUT2D eigenvalue weighted by Gasteiger charge is 2.24. The number of nitrogens with two attached hydrogens (primary N) is 1. The number of anilines is 1. The highest BCUT2D eigenvalue weighted by Crippen LogP contribution is 2.31. The van der Waals surface area contributed by atoms with Crippen molar-refractivity contribution in [2.45, 2.75) is 39.2 Å². The zero-order valence-electron chi connectivity index (χ0n) is 11.7. The third-order valence-electron chi connectivity index (χ3n) is 3.45. The van der Waals surface area contributed by atoms with Crippen molar-refractivity contribution >= 4 is 5.82 Å². The maximum atomic E-state index is 5.78. The van der Waals surface area contributed by atoms with Gasteiger partial charge in [0.2, 0.25) is 0 Å². The molecule has 3 heteroatoms. The summed E-state index contributed by atoms with van der Waals surface area (Å²) in [6, 6.07) is 4.19. The molecule has 1 heterocycles. The molecule has 0 aromatic carbocycles. The van der Waals surface area contributed by atoms with Crippen LogP contribution in [0, 0.1) is 18.3 Å². The minimum absolute atomic E-state index is 0.555. The lowest BCUT2D eigenvalue weighted by atomic mass is 10.1. The standard InChI is InChI=1S/C16H23N3/c1-3-5-15-9-14(11-17)10-16(18-15)19(8-4-2)12-13-6-7-13/h2,9-10,13H,3,5-8,11-12,17H2,1H3. The van der Waals surface area contributed by atoms with E-state index in [4.69, 9.17) is 17.1 Å². The van der Waals surface area contributed by atoms with Gasteiger partial charge in [-0.25, -0.2) is 4.98 Å². The summed E-state index contributed by atoms with van der Waals surface area (Å²) in [5, 5.41) is 0. The molecule has 0 spiro atoms. The van der Waals surface area contributed by atoms with Gasteiger partial charge in [-0.3, -0.25) is 0 Å². The molecule has 1 aliphatic rings. The van der Waals surface area contributed by atoms with E-state index in [9.17, 15) is 0 Å². The van der Waals surface area contributed by atoms with Gasteiger partial charge in [-0.2, -0.15) is 0 Å². The number of hydrogen-bond acceptors (Lipinski definition) is 3. The SMILES string of the molecule is C#CCN(CC1CC1)c1cc(CN)cc(CCC)n1. The Morgan fingerprint density at radius 2 is 2.26 bits per heavy atom. The number of pyridine rings is 1. The summed E-state index contributed by atoms with van der Waals surface area (Å²) in [5.41, 5.74) is 8.05. The predicted octanol–water partition coefficient (Wildman–Crippen LogP) is 2.34. The van der Waals surface area contributed by atoms with Crippen molar-refractivity contribution in [1.82, 2.24) is 4.98 Å². The monoisotopic (exact) mass is 257 g/mol. The van der Waals surface area contributed by atoms with Crippen molar-refractivity contribution < 1.29 is 0 Å². The molecule has 1 fully saturated rings. The van der Waals surface area contributed by atoms with Crippen molar-refractivity contribution in [2.24, 2.45) is 11.7 Å². The summed E-state index contributed by atoms with van der Waals surface area (Å²) >= 11 is 0. The van der Waals surface area contributed by atoms with Gasteiger partial charge in [0.1, 0.15) is 5.82 Å². The van der Waals surface area contributed by atoms with Crippen LogP contribution < -0.4 is 10.6 Å². The fourth-order valence-corrected chi connectivity index (χ4v) is 2.26. The molecule has 0 radical (unpaired) electrons. The normalized spacial score (nSPS) is 14.2. The van der Waals surface area contributed by atoms with Crippen molar-refractivity contribution in [3.63, 3.8) is 0 Å². The molecular weight excluding hydrogens is 234 g/mol. The smallest absolute Gasteiger partial charge is 0.129 e. The molecule has 1 aromatic rings. The van der Waals surface area contributed by atoms with E-state index >= 15 is 0 Å². The van der Waals surface area contributed by atoms with Gasteiger partial charge >= 0.3 is 0 Å². The number of nitrogens with zero attached hydrogens (tertiary/aromatic N) is 2. The average Bonchev–Trinajstić information content (AvgIpc) is 3.22. The van der Waals surface area contributed by atoms with Gasteiger partial charge in [0.05, 0.1) is 6.54 Å². The van der Waals surface area contributed by atoms with E-state index in [0.29, 0.717) is 13.1 Å². The Hall–Kier alpha value is -1.53. The van der Waals surface area contributed by atoms with Crippen LogP contribution in [0.1, 0.15) is 37.4 Å². The van der Waals surface area contributed by atoms with E-state index in [-0.39, 0.29) is 0 Å². The van der Waals surface area contributed by atoms with Crippen LogP contribution in [-0.2, 0) is 13.0 Å². The Balaban J connectivity index is 2.22. The lowest BCUT2D eigenvalue weighted by Gasteiger charge is -2.22. The van der Waals surface area contributed by atoms with Gasteiger partial charge < -0.3 is 10.6 Å². The summed E-state index contributed by atoms with van der Waals surface area (Å²) < 4.78 is 0. The Labute approximate surface area is 116 Å². The molecule has 0 unspecified atom stereocenters. The van der Waals surface area contributed by atoms with Gasteiger partial charge in [-0.1, -0.05) is 19.3 Å². The zero-order chi connectivity index (χ0) is 13.7. The van der Waals surface area contributed by atoms with Crippen LogP contribution in [-0.4, -0.2) is 18.1 Å². The third-order valence-corrected chi connectivity index (χ3v) is 3.45. The summed E-state index contributed by atoms with van der Waals surface area (Å²) in [6.45, 7) is 4.37. The Bertz CT molecular complexity index is 458. The Morgan fingerprint density at radius 3 is 2.84 bits per heavy atom. The molecule has 3 nitrogen and oxygen atoms in total. The van der Waals surface area contributed by atoms with Crippen molar-refractivity contribution in [2.75, 3.05) is 18.0 Å². The van der Waals surface area contributed by atoms with Gasteiger partial charge in [0.15, 0.2) is 0 Å². The first-order valence-corrected chi connectivity index (χ1v) is 7.15. The second-order valence-corrected chi connectivity index (χ2v) is 5.31. The summed E-state index contributed by atoms with van der Waals surface area (Å²) in [5.74, 6) is 4.54. The van der Waals surface area contributed by atoms with E-state index in [2.05, 4.69) is 29.9 Å². The van der Waals surface area contributed by atoms with E-state index in [1.54, 1.807) is 0 Å². The number of aromatic nitrogens is 1. The lowest BCUT2D eigenvalue weighted by Crippen LogP contribution is -2.27. The van der Waals surface area contributed by atoms with Crippen molar-refractivity contribution in [3.8, 4) is 12.3 Å². The van der Waals surface area contributed by atoms with Crippen LogP contribution in [0.5, 0.6) is 0 Å². The molecule has 0 aliphatic heterocycles. The minimum Gasteiger partial charge on any atom is -0.345 e. The number of hydrogen-bond donors (Lipinski definition) is 1. The van der Waals surface area contributed by atoms with Gasteiger partial charge in [0, 0.05) is 18.8 Å². The topological polar surface area (TPSA) is 42.1 Å². The van der Waals surface area contributed by atoms with Gasteiger partial charge in [-0.05, 0) is 42.9 Å². The number of aryl methyl sites for hydroxylation is 1. The lowest BCUT2D eigenvalue weighted by molar-refractivity contribution is 0.747. The molecule has 1 aromatic heterocycles. The molecule has 2 rings (SSSR count). The van der Waals surface area contributed by atoms with E-state index in [0.717, 1.165) is 42.4 Å². The summed E-state index contributed by atoms with van der Waals surface area (Å²) in [4.78, 5) is 6.96. The largest absolute Gasteiger partial charge is 0.345 e. The van der Waals surface area contributed by atoms with Crippen molar-refractivity contribution in [3.05, 3.63) is 23.4 Å². The Kier molecular flexibility index (Phi) is 4.81. The van der Waals surface area contributed by atoms with Crippen LogP contribution in [0.2, 0.25) is 0 Å². The van der Waals surface area contributed by atoms with Gasteiger partial charge in [0.25, 0.3) is 0 Å². The molecular formula is C16H23N3. The second-order valence-electron chi connectivity index (χ2n) is 5.31. The molecule has 1 aliphatic carbocycles. The number of rotatable bonds is 7. The quantitative estimate of drug-likeness (QED) is 0.762. The molecule has 19 heavy (non-hydrogen) atoms. The first-order valence-electron chi connectivity index (χ1n) is 7.15. The van der Waals surface area contributed by atoms with Crippen LogP contribution >= 0.6 is 0 Å². The fourth-order valence-electron chi connectivity index (χ4n) is 2.26. The first kappa shape index (κ1) is 13.9. The summed E-state index contributed by atoms with van der Waals surface area (Å²) in [6.07, 6.45) is 10.2. The van der Waals surface area contributed by atoms with Crippen LogP contribution in [0.25, 0.3) is 0 Å². The molecule has 0 saturated heterocycles. The van der Waals surface area contributed by atoms with Crippen molar-refractivity contribution in [1.29, 1.82) is 0 Å². The second kappa shape index (κ2) is 6.58. The number of terminal acetylenes is 1. The van der Waals surface area contributed by atoms with E-state index in [1.807, 2.05) is 0 Å². The first-order chi connectivity index (χ1) is 9.26. The van der Waals surface area contributed by atoms with Crippen LogP contribution in [0.3, 0.4) is 0 Å². The molecule has 0 bridgehead atoms. The molecule has 102 valence electrons. The Morgan fingerprint density at radius 1 is 1.47 bits per heavy atom. The third kappa shape index (κ3) is 3.97. The zero-order valence-corrected chi connectivity index (χ0v) is 11.7. The molecule has 1 saturated carbocycles. The highest BCUT2D eigenvalue weighted by atomic mass is 15.2. The molecule has 0 amide bonds. The van der Waals surface area contributed by atoms with Gasteiger partial charge in [-0.15, -0.1) is 6.42 Å². The molecule has 2 N–H and O–H groups in total. The summed E-state index contributed by atoms with van der Waals surface area (Å²) in [7, 11) is 0.